The normalized spacial score (nSPS) is 22.0. The third kappa shape index (κ3) is 3.41. The number of hydrogen-bond acceptors (Lipinski definition) is 4. The van der Waals surface area contributed by atoms with Gasteiger partial charge in [-0.05, 0) is 12.1 Å². The Bertz CT molecular complexity index is 507. The van der Waals surface area contributed by atoms with Crippen LogP contribution < -0.4 is 5.32 Å². The number of hydrogen-bond donors (Lipinski definition) is 2. The molecule has 2 atom stereocenters. The lowest BCUT2D eigenvalue weighted by molar-refractivity contribution is -0.141. The first-order chi connectivity index (χ1) is 9.51. The van der Waals surface area contributed by atoms with Gasteiger partial charge < -0.3 is 20.1 Å². The van der Waals surface area contributed by atoms with Crippen LogP contribution in [0.2, 0.25) is 4.34 Å². The zero-order valence-electron chi connectivity index (χ0n) is 10.8. The van der Waals surface area contributed by atoms with Crippen molar-refractivity contribution < 1.29 is 19.4 Å². The van der Waals surface area contributed by atoms with Crippen LogP contribution in [0.1, 0.15) is 11.3 Å². The molecular weight excluding hydrogens is 304 g/mol. The Balaban J connectivity index is 1.95. The molecule has 0 aromatic carbocycles. The van der Waals surface area contributed by atoms with Crippen LogP contribution in [0.25, 0.3) is 0 Å². The SMILES string of the molecule is COC1CC(C(=O)O)N(C(=O)NCc2ccc(Cl)s2)C1. The van der Waals surface area contributed by atoms with Crippen molar-refractivity contribution in [1.82, 2.24) is 10.2 Å². The van der Waals surface area contributed by atoms with Crippen molar-refractivity contribution in [1.29, 1.82) is 0 Å². The zero-order chi connectivity index (χ0) is 14.7. The Hall–Kier alpha value is -1.31. The fourth-order valence-corrected chi connectivity index (χ4v) is 3.17. The van der Waals surface area contributed by atoms with Gasteiger partial charge in [-0.15, -0.1) is 11.3 Å². The van der Waals surface area contributed by atoms with Crippen LogP contribution in [-0.2, 0) is 16.1 Å². The van der Waals surface area contributed by atoms with E-state index in [1.807, 2.05) is 6.07 Å². The molecule has 1 aromatic rings. The van der Waals surface area contributed by atoms with Crippen molar-refractivity contribution in [2.24, 2.45) is 0 Å². The van der Waals surface area contributed by atoms with Crippen molar-refractivity contribution in [2.45, 2.75) is 25.1 Å². The van der Waals surface area contributed by atoms with Crippen LogP contribution >= 0.6 is 22.9 Å². The molecule has 20 heavy (non-hydrogen) atoms. The zero-order valence-corrected chi connectivity index (χ0v) is 12.4. The minimum absolute atomic E-state index is 0.238. The number of carbonyl (C=O) groups excluding carboxylic acids is 1. The lowest BCUT2D eigenvalue weighted by atomic mass is 10.2. The number of amides is 2. The van der Waals surface area contributed by atoms with E-state index in [0.29, 0.717) is 17.3 Å². The predicted octanol–water partition coefficient (Wildman–Crippen LogP) is 1.78. The minimum atomic E-state index is -1.01. The van der Waals surface area contributed by atoms with Gasteiger partial charge in [-0.1, -0.05) is 11.6 Å². The number of carbonyl (C=O) groups is 2. The van der Waals surface area contributed by atoms with Crippen LogP contribution in [-0.4, -0.2) is 47.8 Å². The Morgan fingerprint density at radius 1 is 1.60 bits per heavy atom. The number of nitrogens with zero attached hydrogens (tertiary/aromatic N) is 1. The second-order valence-corrected chi connectivity index (χ2v) is 6.26. The van der Waals surface area contributed by atoms with Crippen LogP contribution in [0, 0.1) is 0 Å². The number of aliphatic carboxylic acids is 1. The van der Waals surface area contributed by atoms with E-state index in [0.717, 1.165) is 4.88 Å². The summed E-state index contributed by atoms with van der Waals surface area (Å²) in [6.45, 7) is 0.612. The average Bonchev–Trinajstić information content (AvgIpc) is 3.02. The molecule has 8 heteroatoms. The van der Waals surface area contributed by atoms with Gasteiger partial charge in [0.25, 0.3) is 0 Å². The fraction of sp³-hybridized carbons (Fsp3) is 0.500. The molecule has 1 fully saturated rings. The highest BCUT2D eigenvalue weighted by molar-refractivity contribution is 7.16. The van der Waals surface area contributed by atoms with Crippen molar-refractivity contribution in [3.05, 3.63) is 21.3 Å². The van der Waals surface area contributed by atoms with Gasteiger partial charge in [0.15, 0.2) is 0 Å². The lowest BCUT2D eigenvalue weighted by Gasteiger charge is -2.21. The first-order valence-corrected chi connectivity index (χ1v) is 7.25. The molecule has 2 unspecified atom stereocenters. The van der Waals surface area contributed by atoms with E-state index in [4.69, 9.17) is 21.4 Å². The van der Waals surface area contributed by atoms with Gasteiger partial charge in [-0.2, -0.15) is 0 Å². The molecular formula is C12H15ClN2O4S. The molecule has 1 aliphatic rings. The predicted molar refractivity (Wildman–Crippen MR) is 75.1 cm³/mol. The summed E-state index contributed by atoms with van der Waals surface area (Å²) >= 11 is 7.18. The molecule has 2 heterocycles. The molecule has 0 radical (unpaired) electrons. The maximum absolute atomic E-state index is 12.1. The number of rotatable bonds is 4. The number of urea groups is 1. The molecule has 0 spiro atoms. The maximum atomic E-state index is 12.1. The van der Waals surface area contributed by atoms with E-state index in [1.165, 1.54) is 23.3 Å². The summed E-state index contributed by atoms with van der Waals surface area (Å²) in [5, 5.41) is 11.8. The van der Waals surface area contributed by atoms with Crippen molar-refractivity contribution in [3.63, 3.8) is 0 Å². The third-order valence-corrected chi connectivity index (χ3v) is 4.42. The Morgan fingerprint density at radius 3 is 2.90 bits per heavy atom. The van der Waals surface area contributed by atoms with Crippen molar-refractivity contribution in [3.8, 4) is 0 Å². The average molecular weight is 319 g/mol. The molecule has 0 aliphatic carbocycles. The van der Waals surface area contributed by atoms with E-state index in [1.54, 1.807) is 6.07 Å². The van der Waals surface area contributed by atoms with E-state index >= 15 is 0 Å². The highest BCUT2D eigenvalue weighted by Gasteiger charge is 2.39. The van der Waals surface area contributed by atoms with Gasteiger partial charge in [0.1, 0.15) is 6.04 Å². The third-order valence-electron chi connectivity index (χ3n) is 3.18. The van der Waals surface area contributed by atoms with E-state index in [9.17, 15) is 9.59 Å². The largest absolute Gasteiger partial charge is 0.480 e. The van der Waals surface area contributed by atoms with Gasteiger partial charge in [0, 0.05) is 25.0 Å². The highest BCUT2D eigenvalue weighted by Crippen LogP contribution is 2.22. The van der Waals surface area contributed by atoms with Gasteiger partial charge in [0.05, 0.1) is 17.0 Å². The Morgan fingerprint density at radius 2 is 2.35 bits per heavy atom. The first-order valence-electron chi connectivity index (χ1n) is 6.05. The highest BCUT2D eigenvalue weighted by atomic mass is 35.5. The lowest BCUT2D eigenvalue weighted by Crippen LogP contribution is -2.45. The summed E-state index contributed by atoms with van der Waals surface area (Å²) in [7, 11) is 1.51. The molecule has 1 saturated heterocycles. The van der Waals surface area contributed by atoms with Gasteiger partial charge in [-0.25, -0.2) is 9.59 Å². The number of carboxylic acids is 1. The Kier molecular flexibility index (Phi) is 4.85. The summed E-state index contributed by atoms with van der Waals surface area (Å²) in [5.41, 5.74) is 0. The first kappa shape index (κ1) is 15.1. The number of likely N-dealkylation sites (tertiary alicyclic amines) is 1. The summed E-state index contributed by atoms with van der Waals surface area (Å²) in [4.78, 5) is 25.4. The molecule has 0 saturated carbocycles. The number of nitrogens with one attached hydrogen (secondary N) is 1. The maximum Gasteiger partial charge on any atom is 0.326 e. The van der Waals surface area contributed by atoms with Gasteiger partial charge in [-0.3, -0.25) is 0 Å². The van der Waals surface area contributed by atoms with E-state index in [2.05, 4.69) is 5.32 Å². The molecule has 2 amide bonds. The minimum Gasteiger partial charge on any atom is -0.480 e. The van der Waals surface area contributed by atoms with Crippen molar-refractivity contribution in [2.75, 3.05) is 13.7 Å². The molecule has 1 aromatic heterocycles. The fourth-order valence-electron chi connectivity index (χ4n) is 2.14. The monoisotopic (exact) mass is 318 g/mol. The summed E-state index contributed by atoms with van der Waals surface area (Å²) < 4.78 is 5.79. The number of carboxylic acid groups (broad SMARTS) is 1. The Labute approximate surface area is 125 Å². The summed E-state index contributed by atoms with van der Waals surface area (Å²) in [6, 6.07) is 2.34. The van der Waals surface area contributed by atoms with E-state index < -0.39 is 18.0 Å². The quantitative estimate of drug-likeness (QED) is 0.887. The summed E-state index contributed by atoms with van der Waals surface area (Å²) in [5.74, 6) is -1.01. The summed E-state index contributed by atoms with van der Waals surface area (Å²) in [6.07, 6.45) is 0.0717. The van der Waals surface area contributed by atoms with E-state index in [-0.39, 0.29) is 12.6 Å². The van der Waals surface area contributed by atoms with Crippen LogP contribution in [0.3, 0.4) is 0 Å². The number of thiophene rings is 1. The second kappa shape index (κ2) is 6.43. The molecule has 0 bridgehead atoms. The molecule has 2 rings (SSSR count). The molecule has 1 aliphatic heterocycles. The van der Waals surface area contributed by atoms with Gasteiger partial charge in [0.2, 0.25) is 0 Å². The van der Waals surface area contributed by atoms with Crippen LogP contribution in [0.5, 0.6) is 0 Å². The number of ether oxygens (including phenoxy) is 1. The second-order valence-electron chi connectivity index (χ2n) is 4.46. The standard InChI is InChI=1S/C12H15ClN2O4S/c1-19-7-4-9(11(16)17)15(6-7)12(18)14-5-8-2-3-10(13)20-8/h2-3,7,9H,4-6H2,1H3,(H,14,18)(H,16,17). The topological polar surface area (TPSA) is 78.9 Å². The van der Waals surface area contributed by atoms with Gasteiger partial charge >= 0.3 is 12.0 Å². The van der Waals surface area contributed by atoms with Crippen LogP contribution in [0.15, 0.2) is 12.1 Å². The smallest absolute Gasteiger partial charge is 0.326 e. The van der Waals surface area contributed by atoms with Crippen LogP contribution in [0.4, 0.5) is 4.79 Å². The molecule has 6 nitrogen and oxygen atoms in total. The molecule has 110 valence electrons. The van der Waals surface area contributed by atoms with Crippen molar-refractivity contribution >= 4 is 34.9 Å². The number of halogens is 1. The number of methoxy groups -OCH3 is 1. The molecule has 2 N–H and O–H groups in total.